The van der Waals surface area contributed by atoms with Gasteiger partial charge in [-0.15, -0.1) is 0 Å². The smallest absolute Gasteiger partial charge is 0.417 e. The number of hydrogen-bond donors (Lipinski definition) is 1. The molecule has 3 amide bonds. The number of nitrogens with zero attached hydrogens (tertiary/aromatic N) is 7. The first-order valence-corrected chi connectivity index (χ1v) is 18.2. The van der Waals surface area contributed by atoms with Gasteiger partial charge in [0.25, 0.3) is 23.3 Å². The van der Waals surface area contributed by atoms with Crippen molar-refractivity contribution in [3.8, 4) is 11.8 Å². The highest BCUT2D eigenvalue weighted by Gasteiger charge is 2.51. The van der Waals surface area contributed by atoms with E-state index >= 15 is 0 Å². The molecule has 0 radical (unpaired) electrons. The third-order valence-corrected chi connectivity index (χ3v) is 10.6. The van der Waals surface area contributed by atoms with Gasteiger partial charge in [-0.05, 0) is 93.1 Å². The Labute approximate surface area is 328 Å². The summed E-state index contributed by atoms with van der Waals surface area (Å²) in [4.78, 5) is 73.9. The average molecular weight is 801 g/mol. The summed E-state index contributed by atoms with van der Waals surface area (Å²) in [6, 6.07) is 16.7. The minimum Gasteiger partial charge on any atom is -0.494 e. The molecular formula is C39H35F3N8O6S. The van der Waals surface area contributed by atoms with Crippen LogP contribution >= 0.6 is 12.2 Å². The van der Waals surface area contributed by atoms with Gasteiger partial charge in [-0.3, -0.25) is 34.0 Å². The lowest BCUT2D eigenvalue weighted by Crippen LogP contribution is -2.47. The minimum atomic E-state index is -4.79. The molecule has 14 nitrogen and oxygen atoms in total. The second kappa shape index (κ2) is 14.6. The fourth-order valence-corrected chi connectivity index (χ4v) is 7.74. The van der Waals surface area contributed by atoms with Gasteiger partial charge in [-0.2, -0.15) is 18.4 Å². The van der Waals surface area contributed by atoms with Crippen LogP contribution in [0.3, 0.4) is 0 Å². The van der Waals surface area contributed by atoms with Gasteiger partial charge in [0, 0.05) is 57.3 Å². The van der Waals surface area contributed by atoms with Crippen LogP contribution < -0.4 is 35.6 Å². The molecule has 0 spiro atoms. The number of carbonyl (C=O) groups is 3. The maximum atomic E-state index is 13.7. The van der Waals surface area contributed by atoms with Crippen molar-refractivity contribution in [2.75, 3.05) is 58.9 Å². The van der Waals surface area contributed by atoms with E-state index in [-0.39, 0.29) is 27.6 Å². The Hall–Kier alpha value is -6.32. The minimum absolute atomic E-state index is 0.0236. The van der Waals surface area contributed by atoms with Crippen LogP contribution in [-0.4, -0.2) is 82.2 Å². The summed E-state index contributed by atoms with van der Waals surface area (Å²) >= 11 is 5.66. The zero-order chi connectivity index (χ0) is 41.0. The number of nitrogens with one attached hydrogen (secondary N) is 1. The average Bonchev–Trinajstić information content (AvgIpc) is 3.53. The highest BCUT2D eigenvalue weighted by atomic mass is 32.1. The van der Waals surface area contributed by atoms with Crippen molar-refractivity contribution >= 4 is 57.8 Å². The van der Waals surface area contributed by atoms with Crippen molar-refractivity contribution in [3.63, 3.8) is 0 Å². The van der Waals surface area contributed by atoms with Gasteiger partial charge in [-0.25, -0.2) is 9.69 Å². The fraction of sp³-hybridized carbons (Fsp3) is 0.308. The normalized spacial score (nSPS) is 17.1. The van der Waals surface area contributed by atoms with Crippen LogP contribution in [0.2, 0.25) is 0 Å². The van der Waals surface area contributed by atoms with Crippen molar-refractivity contribution < 1.29 is 32.3 Å². The van der Waals surface area contributed by atoms with E-state index < -0.39 is 51.8 Å². The summed E-state index contributed by atoms with van der Waals surface area (Å²) in [6.45, 7) is 7.48. The number of piperazine rings is 1. The summed E-state index contributed by atoms with van der Waals surface area (Å²) in [6.07, 6.45) is -2.96. The summed E-state index contributed by atoms with van der Waals surface area (Å²) < 4.78 is 48.1. The van der Waals surface area contributed by atoms with Crippen LogP contribution in [0.4, 0.5) is 35.9 Å². The number of rotatable bonds is 9. The molecule has 1 N–H and O–H groups in total. The number of fused-ring (bicyclic) bond motifs is 1. The number of aromatic nitrogens is 2. The maximum Gasteiger partial charge on any atom is 0.417 e. The van der Waals surface area contributed by atoms with Crippen LogP contribution in [0.1, 0.15) is 52.1 Å². The molecule has 2 saturated heterocycles. The molecule has 0 atom stereocenters. The highest BCUT2D eigenvalue weighted by molar-refractivity contribution is 7.81. The number of hydrogen-bond acceptors (Lipinski definition) is 10. The van der Waals surface area contributed by atoms with Gasteiger partial charge >= 0.3 is 11.9 Å². The molecule has 3 aliphatic rings. The van der Waals surface area contributed by atoms with Crippen LogP contribution in [0.25, 0.3) is 0 Å². The standard InChI is InChI=1S/C39H35F3N8O6S/c1-38(2)35(54)48(26-6-5-23(21-43)30(19-26)39(40,41)42)37(57)50(38)25-9-7-24(8-10-25)47-16-14-46(15-17-47)13-4-18-56-27-11-12-28-29(20-27)34(53)49(33(28)52)31-22-45(3)36(55)44-32(31)51/h5-12,19-20,22H,4,13-18H2,1-3H3,(H,44,51,55). The molecule has 294 valence electrons. The van der Waals surface area contributed by atoms with Crippen molar-refractivity contribution in [2.24, 2.45) is 7.05 Å². The van der Waals surface area contributed by atoms with Gasteiger partial charge in [0.1, 0.15) is 17.0 Å². The predicted octanol–water partition coefficient (Wildman–Crippen LogP) is 4.27. The number of imide groups is 1. The monoisotopic (exact) mass is 800 g/mol. The summed E-state index contributed by atoms with van der Waals surface area (Å²) in [5.41, 5.74) is -2.95. The number of aryl methyl sites for hydroxylation is 1. The number of carbonyl (C=O) groups excluding carboxylic acids is 3. The van der Waals surface area contributed by atoms with E-state index in [1.54, 1.807) is 30.9 Å². The zero-order valence-corrected chi connectivity index (χ0v) is 31.7. The molecule has 0 aliphatic carbocycles. The molecule has 0 bridgehead atoms. The van der Waals surface area contributed by atoms with Gasteiger partial charge in [0.2, 0.25) is 0 Å². The lowest BCUT2D eigenvalue weighted by atomic mass is 10.0. The molecule has 57 heavy (non-hydrogen) atoms. The Morgan fingerprint density at radius 2 is 1.51 bits per heavy atom. The fourth-order valence-electron chi connectivity index (χ4n) is 7.22. The van der Waals surface area contributed by atoms with Crippen molar-refractivity contribution in [2.45, 2.75) is 32.0 Å². The van der Waals surface area contributed by atoms with Gasteiger partial charge in [0.15, 0.2) is 5.11 Å². The lowest BCUT2D eigenvalue weighted by molar-refractivity contribution is -0.137. The van der Waals surface area contributed by atoms with Crippen molar-refractivity contribution in [1.82, 2.24) is 14.5 Å². The largest absolute Gasteiger partial charge is 0.494 e. The van der Waals surface area contributed by atoms with Crippen molar-refractivity contribution in [1.29, 1.82) is 5.26 Å². The van der Waals surface area contributed by atoms with E-state index in [1.165, 1.54) is 25.2 Å². The first-order chi connectivity index (χ1) is 27.0. The molecular weight excluding hydrogens is 766 g/mol. The molecule has 0 saturated carbocycles. The van der Waals surface area contributed by atoms with E-state index in [0.717, 1.165) is 71.1 Å². The van der Waals surface area contributed by atoms with Gasteiger partial charge < -0.3 is 19.1 Å². The van der Waals surface area contributed by atoms with E-state index in [2.05, 4.69) is 14.8 Å². The first kappa shape index (κ1) is 38.9. The zero-order valence-electron chi connectivity index (χ0n) is 30.9. The van der Waals surface area contributed by atoms with E-state index in [0.29, 0.717) is 24.5 Å². The Kier molecular flexibility index (Phi) is 10.00. The van der Waals surface area contributed by atoms with Crippen molar-refractivity contribution in [3.05, 3.63) is 110 Å². The SMILES string of the molecule is Cn1cc(N2C(=O)c3ccc(OCCCN4CCN(c5ccc(N6C(=S)N(c7ccc(C#N)c(C(F)(F)F)c7)C(=O)C6(C)C)cc5)CC4)cc3C2=O)c(=O)[nH]c1=O. The number of benzene rings is 3. The third-order valence-electron chi connectivity index (χ3n) is 10.3. The number of halogens is 3. The van der Waals surface area contributed by atoms with Crippen LogP contribution in [-0.2, 0) is 18.0 Å². The molecule has 4 aromatic rings. The van der Waals surface area contributed by atoms with E-state index in [9.17, 15) is 42.4 Å². The number of thiocarbonyl (C=S) groups is 1. The van der Waals surface area contributed by atoms with Gasteiger partial charge in [-0.1, -0.05) is 0 Å². The number of H-pyrrole nitrogens is 1. The Balaban J connectivity index is 0.919. The van der Waals surface area contributed by atoms with Crippen LogP contribution in [0.5, 0.6) is 5.75 Å². The Bertz CT molecular complexity index is 2490. The number of alkyl halides is 3. The summed E-state index contributed by atoms with van der Waals surface area (Å²) in [7, 11) is 1.39. The Morgan fingerprint density at radius 3 is 2.18 bits per heavy atom. The second-order valence-electron chi connectivity index (χ2n) is 14.2. The van der Waals surface area contributed by atoms with E-state index in [1.807, 2.05) is 24.3 Å². The summed E-state index contributed by atoms with van der Waals surface area (Å²) in [5, 5.41) is 9.22. The third kappa shape index (κ3) is 7.04. The Morgan fingerprint density at radius 1 is 0.860 bits per heavy atom. The molecule has 18 heteroatoms. The lowest BCUT2D eigenvalue weighted by Gasteiger charge is -2.36. The topological polar surface area (TPSA) is 155 Å². The molecule has 2 fully saturated rings. The van der Waals surface area contributed by atoms with Crippen LogP contribution in [0.15, 0.2) is 76.4 Å². The quantitative estimate of drug-likeness (QED) is 0.147. The molecule has 7 rings (SSSR count). The van der Waals surface area contributed by atoms with E-state index in [4.69, 9.17) is 17.0 Å². The molecule has 0 unspecified atom stereocenters. The number of amides is 3. The second-order valence-corrected chi connectivity index (χ2v) is 14.6. The van der Waals surface area contributed by atoms with Crippen LogP contribution in [0, 0.1) is 11.3 Å². The first-order valence-electron chi connectivity index (χ1n) is 17.8. The number of ether oxygens (including phenoxy) is 1. The highest BCUT2D eigenvalue weighted by Crippen LogP contribution is 2.40. The summed E-state index contributed by atoms with van der Waals surface area (Å²) in [5.74, 6) is -1.45. The maximum absolute atomic E-state index is 13.7. The molecule has 3 aromatic carbocycles. The predicted molar refractivity (Wildman–Crippen MR) is 208 cm³/mol. The number of aromatic amines is 1. The number of anilines is 4. The molecule has 1 aromatic heterocycles. The van der Waals surface area contributed by atoms with Gasteiger partial charge in [0.05, 0.1) is 40.6 Å². The molecule has 3 aliphatic heterocycles. The number of nitriles is 1. The molecule has 4 heterocycles.